The zero-order valence-corrected chi connectivity index (χ0v) is 11.8. The molecular formula is C16H24N3O4+. The molecule has 0 atom stereocenters. The summed E-state index contributed by atoms with van der Waals surface area (Å²) in [7, 11) is 0. The number of carbonyl (C=O) groups is 2. The summed E-state index contributed by atoms with van der Waals surface area (Å²) in [6.45, 7) is -7.22. The van der Waals surface area contributed by atoms with E-state index in [-0.39, 0.29) is 30.5 Å². The molecule has 0 unspecified atom stereocenters. The van der Waals surface area contributed by atoms with E-state index in [0.29, 0.717) is 5.31 Å². The maximum absolute atomic E-state index is 12.4. The Hall–Kier alpha value is -2.57. The summed E-state index contributed by atoms with van der Waals surface area (Å²) in [4.78, 5) is 24.7. The summed E-state index contributed by atoms with van der Waals surface area (Å²) in [5, 5.41) is 0.324. The fourth-order valence-electron chi connectivity index (χ4n) is 1.29. The summed E-state index contributed by atoms with van der Waals surface area (Å²) in [5.74, 6) is -5.26. The van der Waals surface area contributed by atoms with Gasteiger partial charge in [-0.05, 0) is 50.3 Å². The van der Waals surface area contributed by atoms with E-state index in [1.165, 1.54) is 0 Å². The maximum Gasteiger partial charge on any atom is 0.338 e. The molecule has 0 saturated carbocycles. The van der Waals surface area contributed by atoms with Gasteiger partial charge in [0.25, 0.3) is 7.06 Å². The van der Waals surface area contributed by atoms with Crippen molar-refractivity contribution in [1.29, 1.82) is 0 Å². The van der Waals surface area contributed by atoms with Crippen LogP contribution in [0, 0.1) is 0 Å². The Morgan fingerprint density at radius 1 is 1.48 bits per heavy atom. The molecule has 0 aliphatic rings. The van der Waals surface area contributed by atoms with Crippen LogP contribution in [0.4, 0.5) is 0 Å². The number of hydrogen-bond acceptors (Lipinski definition) is 4. The van der Waals surface area contributed by atoms with Crippen LogP contribution in [0.2, 0.25) is 7.06 Å². The zero-order valence-electron chi connectivity index (χ0n) is 27.8. The fraction of sp³-hybridized carbons (Fsp3) is 0.438. The lowest BCUT2D eigenvalue weighted by atomic mass is 10.2. The number of rotatable bonds is 9. The van der Waals surface area contributed by atoms with Gasteiger partial charge in [0.05, 0.1) is 26.9 Å². The molecule has 126 valence electrons. The van der Waals surface area contributed by atoms with Crippen molar-refractivity contribution in [1.82, 2.24) is 5.31 Å². The van der Waals surface area contributed by atoms with Gasteiger partial charge in [0.15, 0.2) is 0 Å². The second kappa shape index (κ2) is 10.2. The van der Waals surface area contributed by atoms with Gasteiger partial charge >= 0.3 is 17.9 Å². The highest BCUT2D eigenvalue weighted by Crippen LogP contribution is 2.14. The summed E-state index contributed by atoms with van der Waals surface area (Å²) < 4.78 is 128. The van der Waals surface area contributed by atoms with E-state index in [1.807, 2.05) is 0 Å². The number of hydrogen-bond donors (Lipinski definition) is 3. The Morgan fingerprint density at radius 2 is 2.30 bits per heavy atom. The highest BCUT2D eigenvalue weighted by Gasteiger charge is 2.08. The first-order valence-corrected chi connectivity index (χ1v) is 6.32. The number of benzene rings is 1. The molecule has 0 amide bonds. The molecule has 23 heavy (non-hydrogen) atoms. The van der Waals surface area contributed by atoms with E-state index in [9.17, 15) is 9.59 Å². The second-order valence-corrected chi connectivity index (χ2v) is 3.90. The molecule has 0 spiro atoms. The molecule has 1 aromatic rings. The lowest BCUT2D eigenvalue weighted by molar-refractivity contribution is -0.134. The number of nitrogens with one attached hydrogen (secondary N) is 1. The Bertz CT molecular complexity index is 1090. The Morgan fingerprint density at radius 3 is 3.00 bits per heavy atom. The van der Waals surface area contributed by atoms with Crippen molar-refractivity contribution in [3.05, 3.63) is 29.7 Å². The van der Waals surface area contributed by atoms with Gasteiger partial charge in [-0.3, -0.25) is 21.2 Å². The van der Waals surface area contributed by atoms with Gasteiger partial charge in [-0.2, -0.15) is 0 Å². The van der Waals surface area contributed by atoms with E-state index in [2.05, 4.69) is 4.74 Å². The fourth-order valence-corrected chi connectivity index (χ4v) is 1.29. The minimum atomic E-state index is -3.53. The summed E-state index contributed by atoms with van der Waals surface area (Å²) in [6, 6.07) is -4.58. The first kappa shape index (κ1) is 5.81. The van der Waals surface area contributed by atoms with E-state index in [0.717, 1.165) is 0 Å². The SMILES string of the molecule is [2H]c1c([2H])c(C(=O)OC([2H])([2H])C([2H])([2H])[2H])c([2H])c([2H])c1OC(=O)C([2H])([2H])CCCCN([2H])C(N([2H])[2H])=[N+]([2H])[2H]. The minimum Gasteiger partial charge on any atom is -0.462 e. The monoisotopic (exact) mass is 338 g/mol. The number of unbranched alkanes of at least 4 members (excludes halogenated alkanes) is 1. The predicted octanol–water partition coefficient (Wildman–Crippen LogP) is -0.00750. The van der Waals surface area contributed by atoms with Gasteiger partial charge in [-0.1, -0.05) is 0 Å². The van der Waals surface area contributed by atoms with E-state index < -0.39 is 79.6 Å². The molecule has 0 aliphatic carbocycles. The van der Waals surface area contributed by atoms with Crippen molar-refractivity contribution < 1.29 is 46.6 Å². The van der Waals surface area contributed by atoms with Crippen LogP contribution in [0.25, 0.3) is 0 Å². The normalized spacial score (nSPS) is 21.4. The quantitative estimate of drug-likeness (QED) is 0.192. The van der Waals surface area contributed by atoms with Crippen LogP contribution < -0.4 is 21.2 Å². The highest BCUT2D eigenvalue weighted by molar-refractivity contribution is 5.89. The largest absolute Gasteiger partial charge is 0.462 e. The second-order valence-electron chi connectivity index (χ2n) is 3.90. The third kappa shape index (κ3) is 7.85. The van der Waals surface area contributed by atoms with E-state index >= 15 is 0 Å². The van der Waals surface area contributed by atoms with Crippen LogP contribution in [0.5, 0.6) is 5.75 Å². The van der Waals surface area contributed by atoms with Gasteiger partial charge in [-0.15, -0.1) is 0 Å². The average Bonchev–Trinajstić information content (AvgIpc) is 2.76. The number of nitrogens with two attached hydrogens (primary N) is 2. The van der Waals surface area contributed by atoms with Gasteiger partial charge in [0.1, 0.15) is 5.75 Å². The van der Waals surface area contributed by atoms with E-state index in [1.54, 1.807) is 0 Å². The average molecular weight is 338 g/mol. The topological polar surface area (TPSA) is 116 Å². The van der Waals surface area contributed by atoms with Crippen molar-refractivity contribution in [2.75, 3.05) is 13.1 Å². The number of ether oxygens (including phenoxy) is 2. The summed E-state index contributed by atoms with van der Waals surface area (Å²) >= 11 is 0. The first-order valence-electron chi connectivity index (χ1n) is 14.1. The first-order chi connectivity index (χ1) is 17.6. The van der Waals surface area contributed by atoms with Crippen molar-refractivity contribution in [2.45, 2.75) is 32.5 Å². The molecule has 0 saturated heterocycles. The number of guanidine groups is 1. The molecule has 7 heteroatoms. The lowest BCUT2D eigenvalue weighted by Gasteiger charge is -2.06. The lowest BCUT2D eigenvalue weighted by Crippen LogP contribution is -2.54. The molecule has 0 heterocycles. The summed E-state index contributed by atoms with van der Waals surface area (Å²) in [6.07, 6.45) is -3.35. The van der Waals surface area contributed by atoms with Gasteiger partial charge in [0, 0.05) is 13.2 Å². The molecule has 5 N–H and O–H groups in total. The van der Waals surface area contributed by atoms with Gasteiger partial charge < -0.3 is 9.47 Å². The van der Waals surface area contributed by atoms with Crippen LogP contribution in [0.1, 0.15) is 57.9 Å². The van der Waals surface area contributed by atoms with Crippen molar-refractivity contribution in [2.24, 2.45) is 5.72 Å². The Balaban J connectivity index is 3.05. The molecular weight excluding hydrogens is 298 g/mol. The zero-order chi connectivity index (χ0) is 30.7. The third-order valence-corrected chi connectivity index (χ3v) is 2.25. The maximum atomic E-state index is 12.4. The molecule has 1 aromatic carbocycles. The van der Waals surface area contributed by atoms with Crippen LogP contribution in [0.3, 0.4) is 0 Å². The molecule has 0 bridgehead atoms. The summed E-state index contributed by atoms with van der Waals surface area (Å²) in [5.41, 5.74) is -1.29. The van der Waals surface area contributed by atoms with Crippen LogP contribution >= 0.6 is 0 Å². The minimum absolute atomic E-state index is 0.00312. The molecule has 1 rings (SSSR count). The molecule has 0 aromatic heterocycles. The van der Waals surface area contributed by atoms with Crippen molar-refractivity contribution >= 4 is 17.9 Å². The number of carbonyl (C=O) groups excluding carboxylic acids is 2. The Labute approximate surface area is 158 Å². The number of esters is 2. The van der Waals surface area contributed by atoms with Crippen LogP contribution in [-0.4, -0.2) is 31.0 Å². The highest BCUT2D eigenvalue weighted by atomic mass is 16.5. The molecule has 0 radical (unpaired) electrons. The van der Waals surface area contributed by atoms with Crippen molar-refractivity contribution in [3.63, 3.8) is 0 Å². The van der Waals surface area contributed by atoms with Crippen molar-refractivity contribution in [3.8, 4) is 5.75 Å². The van der Waals surface area contributed by atoms with Gasteiger partial charge in [-0.25, -0.2) is 4.79 Å². The van der Waals surface area contributed by atoms with Gasteiger partial charge in [0.2, 0.25) is 0 Å². The molecule has 0 fully saturated rings. The smallest absolute Gasteiger partial charge is 0.338 e. The van der Waals surface area contributed by atoms with Crippen LogP contribution in [0.15, 0.2) is 24.2 Å². The Kier molecular flexibility index (Phi) is 2.58. The van der Waals surface area contributed by atoms with Crippen LogP contribution in [-0.2, 0) is 9.53 Å². The standard InChI is InChI=1S/C16H23N3O4/c1-2-22-15(21)12-7-9-13(10-8-12)23-14(20)6-4-3-5-11-19-16(17)18/h7-10H,2-6,11H2,1H3,(H4,17,18,19)/p+1/i1D3,2D2,6D2,7D,8D,9D,10D/hD5. The van der Waals surface area contributed by atoms with E-state index in [4.69, 9.17) is 26.9 Å². The third-order valence-electron chi connectivity index (χ3n) is 2.25. The molecule has 0 aliphatic heterocycles. The molecule has 7 nitrogen and oxygen atoms in total. The predicted molar refractivity (Wildman–Crippen MR) is 85.6 cm³/mol.